The van der Waals surface area contributed by atoms with E-state index in [0.29, 0.717) is 5.56 Å². The summed E-state index contributed by atoms with van der Waals surface area (Å²) in [5.74, 6) is 0.756. The predicted molar refractivity (Wildman–Crippen MR) is 89.4 cm³/mol. The topological polar surface area (TPSA) is 52.0 Å². The van der Waals surface area contributed by atoms with Gasteiger partial charge in [-0.25, -0.2) is 4.98 Å². The third-order valence-corrected chi connectivity index (χ3v) is 3.98. The Morgan fingerprint density at radius 2 is 1.86 bits per heavy atom. The molecule has 1 aliphatic rings. The molecule has 1 aliphatic heterocycles. The van der Waals surface area contributed by atoms with Gasteiger partial charge in [-0.1, -0.05) is 18.9 Å². The smallest absolute Gasteiger partial charge is 0.130 e. The van der Waals surface area contributed by atoms with Crippen molar-refractivity contribution in [2.75, 3.05) is 23.3 Å². The van der Waals surface area contributed by atoms with E-state index >= 15 is 0 Å². The predicted octanol–water partition coefficient (Wildman–Crippen LogP) is 4.08. The number of hydrogen-bond donors (Lipinski definition) is 1. The van der Waals surface area contributed by atoms with Crippen molar-refractivity contribution in [3.05, 3.63) is 48.2 Å². The van der Waals surface area contributed by atoms with E-state index in [0.717, 1.165) is 24.6 Å². The molecule has 4 heteroatoms. The average molecular weight is 292 g/mol. The zero-order valence-corrected chi connectivity index (χ0v) is 12.6. The third-order valence-electron chi connectivity index (χ3n) is 3.98. The van der Waals surface area contributed by atoms with E-state index in [9.17, 15) is 0 Å². The van der Waals surface area contributed by atoms with Crippen molar-refractivity contribution in [3.8, 4) is 6.07 Å². The second-order valence-corrected chi connectivity index (χ2v) is 5.62. The van der Waals surface area contributed by atoms with Crippen LogP contribution < -0.4 is 10.2 Å². The standard InChI is InChI=1S/C18H20N4/c19-13-15-8-9-18(20-14-15)21-16-6-5-7-17(12-16)22-10-3-1-2-4-11-22/h5-9,12,14H,1-4,10-11H2,(H,20,21). The Hall–Kier alpha value is -2.54. The van der Waals surface area contributed by atoms with Gasteiger partial charge in [0.25, 0.3) is 0 Å². The van der Waals surface area contributed by atoms with Gasteiger partial charge in [0, 0.05) is 30.7 Å². The van der Waals surface area contributed by atoms with Crippen LogP contribution in [0.25, 0.3) is 0 Å². The summed E-state index contributed by atoms with van der Waals surface area (Å²) in [4.78, 5) is 6.72. The molecule has 1 saturated heterocycles. The number of rotatable bonds is 3. The maximum Gasteiger partial charge on any atom is 0.130 e. The Morgan fingerprint density at radius 1 is 1.05 bits per heavy atom. The second kappa shape index (κ2) is 6.95. The molecule has 2 aromatic rings. The van der Waals surface area contributed by atoms with Crippen molar-refractivity contribution in [2.24, 2.45) is 0 Å². The lowest BCUT2D eigenvalue weighted by molar-refractivity contribution is 0.726. The molecule has 22 heavy (non-hydrogen) atoms. The van der Waals surface area contributed by atoms with E-state index in [-0.39, 0.29) is 0 Å². The summed E-state index contributed by atoms with van der Waals surface area (Å²) in [7, 11) is 0. The lowest BCUT2D eigenvalue weighted by atomic mass is 10.2. The third kappa shape index (κ3) is 3.56. The molecule has 2 heterocycles. The number of benzene rings is 1. The Labute approximate surface area is 131 Å². The highest BCUT2D eigenvalue weighted by Gasteiger charge is 2.10. The second-order valence-electron chi connectivity index (χ2n) is 5.62. The molecule has 3 rings (SSSR count). The lowest BCUT2D eigenvalue weighted by Gasteiger charge is -2.23. The molecule has 112 valence electrons. The van der Waals surface area contributed by atoms with Crippen LogP contribution in [0.3, 0.4) is 0 Å². The SMILES string of the molecule is N#Cc1ccc(Nc2cccc(N3CCCCCC3)c2)nc1. The van der Waals surface area contributed by atoms with Gasteiger partial charge in [-0.2, -0.15) is 5.26 Å². The zero-order valence-electron chi connectivity index (χ0n) is 12.6. The molecule has 1 aromatic heterocycles. The van der Waals surface area contributed by atoms with Crippen LogP contribution >= 0.6 is 0 Å². The van der Waals surface area contributed by atoms with E-state index in [1.54, 1.807) is 12.3 Å². The average Bonchev–Trinajstić information content (AvgIpc) is 2.85. The van der Waals surface area contributed by atoms with Crippen LogP contribution in [-0.4, -0.2) is 18.1 Å². The highest BCUT2D eigenvalue weighted by molar-refractivity contribution is 5.63. The molecule has 1 N–H and O–H groups in total. The van der Waals surface area contributed by atoms with E-state index in [1.807, 2.05) is 12.1 Å². The van der Waals surface area contributed by atoms with Gasteiger partial charge >= 0.3 is 0 Å². The normalized spacial score (nSPS) is 15.0. The number of nitriles is 1. The summed E-state index contributed by atoms with van der Waals surface area (Å²) < 4.78 is 0. The van der Waals surface area contributed by atoms with E-state index in [1.165, 1.54) is 31.4 Å². The van der Waals surface area contributed by atoms with Crippen LogP contribution in [0.2, 0.25) is 0 Å². The molecular weight excluding hydrogens is 272 g/mol. The molecule has 0 saturated carbocycles. The van der Waals surface area contributed by atoms with Crippen molar-refractivity contribution in [1.29, 1.82) is 5.26 Å². The first-order valence-corrected chi connectivity index (χ1v) is 7.83. The minimum absolute atomic E-state index is 0.573. The Kier molecular flexibility index (Phi) is 4.55. The Bertz CT molecular complexity index is 650. The molecule has 1 fully saturated rings. The molecule has 1 aromatic carbocycles. The van der Waals surface area contributed by atoms with Crippen LogP contribution in [-0.2, 0) is 0 Å². The Balaban J connectivity index is 1.74. The van der Waals surface area contributed by atoms with E-state index in [4.69, 9.17) is 5.26 Å². The van der Waals surface area contributed by atoms with Crippen LogP contribution in [0, 0.1) is 11.3 Å². The van der Waals surface area contributed by atoms with Crippen molar-refractivity contribution in [3.63, 3.8) is 0 Å². The number of hydrogen-bond acceptors (Lipinski definition) is 4. The molecular formula is C18H20N4. The van der Waals surface area contributed by atoms with Gasteiger partial charge in [-0.15, -0.1) is 0 Å². The molecule has 0 bridgehead atoms. The highest BCUT2D eigenvalue weighted by Crippen LogP contribution is 2.24. The quantitative estimate of drug-likeness (QED) is 0.926. The molecule has 0 aliphatic carbocycles. The van der Waals surface area contributed by atoms with Crippen molar-refractivity contribution in [2.45, 2.75) is 25.7 Å². The Morgan fingerprint density at radius 3 is 2.55 bits per heavy atom. The molecule has 0 atom stereocenters. The maximum atomic E-state index is 8.81. The van der Waals surface area contributed by atoms with Crippen LogP contribution in [0.15, 0.2) is 42.6 Å². The molecule has 0 amide bonds. The minimum Gasteiger partial charge on any atom is -0.371 e. The lowest BCUT2D eigenvalue weighted by Crippen LogP contribution is -2.23. The van der Waals surface area contributed by atoms with Gasteiger partial charge < -0.3 is 10.2 Å². The highest BCUT2D eigenvalue weighted by atomic mass is 15.1. The van der Waals surface area contributed by atoms with Crippen LogP contribution in [0.1, 0.15) is 31.2 Å². The fourth-order valence-corrected chi connectivity index (χ4v) is 2.79. The van der Waals surface area contributed by atoms with Gasteiger partial charge in [0.05, 0.1) is 5.56 Å². The number of nitrogens with zero attached hydrogens (tertiary/aromatic N) is 3. The van der Waals surface area contributed by atoms with Gasteiger partial charge in [0.15, 0.2) is 0 Å². The summed E-state index contributed by atoms with van der Waals surface area (Å²) in [6.45, 7) is 2.27. The largest absolute Gasteiger partial charge is 0.371 e. The van der Waals surface area contributed by atoms with Crippen LogP contribution in [0.5, 0.6) is 0 Å². The fraction of sp³-hybridized carbons (Fsp3) is 0.333. The summed E-state index contributed by atoms with van der Waals surface area (Å²) in [6, 6.07) is 14.1. The summed E-state index contributed by atoms with van der Waals surface area (Å²) in [5, 5.41) is 12.1. The summed E-state index contributed by atoms with van der Waals surface area (Å²) in [5.41, 5.74) is 2.86. The first kappa shape index (κ1) is 14.4. The number of nitrogens with one attached hydrogen (secondary N) is 1. The monoisotopic (exact) mass is 292 g/mol. The van der Waals surface area contributed by atoms with Crippen LogP contribution in [0.4, 0.5) is 17.2 Å². The van der Waals surface area contributed by atoms with Gasteiger partial charge in [0.2, 0.25) is 0 Å². The zero-order chi connectivity index (χ0) is 15.2. The molecule has 0 spiro atoms. The van der Waals surface area contributed by atoms with Crippen molar-refractivity contribution in [1.82, 2.24) is 4.98 Å². The van der Waals surface area contributed by atoms with Crippen molar-refractivity contribution < 1.29 is 0 Å². The van der Waals surface area contributed by atoms with Gasteiger partial charge in [0.1, 0.15) is 11.9 Å². The molecule has 0 unspecified atom stereocenters. The maximum absolute atomic E-state index is 8.81. The fourth-order valence-electron chi connectivity index (χ4n) is 2.79. The molecule has 4 nitrogen and oxygen atoms in total. The van der Waals surface area contributed by atoms with E-state index < -0.39 is 0 Å². The minimum atomic E-state index is 0.573. The molecule has 0 radical (unpaired) electrons. The van der Waals surface area contributed by atoms with E-state index in [2.05, 4.69) is 39.5 Å². The summed E-state index contributed by atoms with van der Waals surface area (Å²) >= 11 is 0. The first-order valence-electron chi connectivity index (χ1n) is 7.83. The number of pyridine rings is 1. The van der Waals surface area contributed by atoms with Gasteiger partial charge in [-0.3, -0.25) is 0 Å². The summed E-state index contributed by atoms with van der Waals surface area (Å²) in [6.07, 6.45) is 6.80. The number of aromatic nitrogens is 1. The van der Waals surface area contributed by atoms with Gasteiger partial charge in [-0.05, 0) is 43.2 Å². The first-order chi connectivity index (χ1) is 10.8. The number of anilines is 3. The van der Waals surface area contributed by atoms with Crippen molar-refractivity contribution >= 4 is 17.2 Å².